The minimum Gasteiger partial charge on any atom is -0.294 e. The predicted molar refractivity (Wildman–Crippen MR) is 156 cm³/mol. The smallest absolute Gasteiger partial charge is 0.137 e. The molecule has 0 unspecified atom stereocenters. The average Bonchev–Trinajstić information content (AvgIpc) is 3.22. The molecule has 6 rings (SSSR count). The zero-order chi connectivity index (χ0) is 25.6. The van der Waals surface area contributed by atoms with Crippen molar-refractivity contribution < 1.29 is 0 Å². The highest BCUT2D eigenvalue weighted by atomic mass is 32.2. The third-order valence-electron chi connectivity index (χ3n) is 6.79. The van der Waals surface area contributed by atoms with E-state index in [0.717, 1.165) is 16.4 Å². The van der Waals surface area contributed by atoms with Crippen molar-refractivity contribution in [2.24, 2.45) is 0 Å². The van der Waals surface area contributed by atoms with Crippen molar-refractivity contribution >= 4 is 33.6 Å². The van der Waals surface area contributed by atoms with E-state index in [1.54, 1.807) is 11.8 Å². The molecular formula is C33H29N3S. The predicted octanol–water partition coefficient (Wildman–Crippen LogP) is 9.00. The Kier molecular flexibility index (Phi) is 5.85. The number of fused-ring (bicyclic) bond motifs is 3. The summed E-state index contributed by atoms with van der Waals surface area (Å²) in [4.78, 5) is 10.5. The van der Waals surface area contributed by atoms with Crippen molar-refractivity contribution in [3.05, 3.63) is 115 Å². The summed E-state index contributed by atoms with van der Waals surface area (Å²) in [6.45, 7) is 8.83. The standard InChI is InChI=1S/C33H29N3S/c1-22-14-16-35-32(18-22)37-26-9-7-8-23(19-26)24-12-13-28-27-10-5-6-11-29(27)36(30(28)20-24)31-21-25(15-17-34-31)33(2,3)4/h5-21H,1-4H3. The second-order valence-corrected chi connectivity index (χ2v) is 11.6. The monoisotopic (exact) mass is 499 g/mol. The van der Waals surface area contributed by atoms with Crippen LogP contribution >= 0.6 is 11.8 Å². The van der Waals surface area contributed by atoms with Gasteiger partial charge in [0.25, 0.3) is 0 Å². The number of nitrogens with zero attached hydrogens (tertiary/aromatic N) is 3. The van der Waals surface area contributed by atoms with Crippen molar-refractivity contribution in [3.63, 3.8) is 0 Å². The highest BCUT2D eigenvalue weighted by Crippen LogP contribution is 2.36. The van der Waals surface area contributed by atoms with E-state index in [1.165, 1.54) is 43.4 Å². The van der Waals surface area contributed by atoms with E-state index >= 15 is 0 Å². The molecule has 6 aromatic rings. The first kappa shape index (κ1) is 23.5. The Labute approximate surface area is 222 Å². The second kappa shape index (κ2) is 9.20. The number of benzene rings is 3. The lowest BCUT2D eigenvalue weighted by Crippen LogP contribution is -2.12. The molecule has 0 atom stereocenters. The van der Waals surface area contributed by atoms with Crippen molar-refractivity contribution in [2.75, 3.05) is 0 Å². The summed E-state index contributed by atoms with van der Waals surface area (Å²) >= 11 is 1.70. The molecule has 0 aliphatic heterocycles. The maximum Gasteiger partial charge on any atom is 0.137 e. The molecule has 0 saturated heterocycles. The molecule has 0 saturated carbocycles. The molecular weight excluding hydrogens is 470 g/mol. The van der Waals surface area contributed by atoms with Crippen LogP contribution in [0.25, 0.3) is 38.8 Å². The molecule has 0 spiro atoms. The molecule has 3 nitrogen and oxygen atoms in total. The molecule has 37 heavy (non-hydrogen) atoms. The van der Waals surface area contributed by atoms with Crippen LogP contribution in [0.3, 0.4) is 0 Å². The van der Waals surface area contributed by atoms with E-state index in [4.69, 9.17) is 4.98 Å². The summed E-state index contributed by atoms with van der Waals surface area (Å²) < 4.78 is 2.30. The van der Waals surface area contributed by atoms with Crippen LogP contribution < -0.4 is 0 Å². The Bertz CT molecular complexity index is 1760. The fourth-order valence-electron chi connectivity index (χ4n) is 4.83. The summed E-state index contributed by atoms with van der Waals surface area (Å²) in [5, 5.41) is 3.48. The van der Waals surface area contributed by atoms with Crippen LogP contribution in [0.1, 0.15) is 31.9 Å². The molecule has 4 heteroatoms. The Morgan fingerprint density at radius 2 is 1.46 bits per heavy atom. The van der Waals surface area contributed by atoms with Crippen molar-refractivity contribution in [3.8, 4) is 16.9 Å². The van der Waals surface area contributed by atoms with Crippen molar-refractivity contribution in [1.29, 1.82) is 0 Å². The zero-order valence-electron chi connectivity index (χ0n) is 21.6. The van der Waals surface area contributed by atoms with Gasteiger partial charge in [-0.05, 0) is 83.1 Å². The molecule has 0 N–H and O–H groups in total. The Hall–Kier alpha value is -3.89. The lowest BCUT2D eigenvalue weighted by Gasteiger charge is -2.20. The lowest BCUT2D eigenvalue weighted by molar-refractivity contribution is 0.588. The number of pyridine rings is 2. The SMILES string of the molecule is Cc1ccnc(Sc2cccc(-c3ccc4c5ccccc5n(-c5cc(C(C)(C)C)ccn5)c4c3)c2)c1. The van der Waals surface area contributed by atoms with Crippen LogP contribution in [0.15, 0.2) is 113 Å². The summed E-state index contributed by atoms with van der Waals surface area (Å²) in [5.41, 5.74) is 7.24. The number of rotatable bonds is 4. The summed E-state index contributed by atoms with van der Waals surface area (Å²) in [6.07, 6.45) is 3.80. The van der Waals surface area contributed by atoms with Crippen LogP contribution in [0.4, 0.5) is 0 Å². The fourth-order valence-corrected chi connectivity index (χ4v) is 5.76. The quantitative estimate of drug-likeness (QED) is 0.242. The van der Waals surface area contributed by atoms with Crippen LogP contribution in [-0.2, 0) is 5.41 Å². The topological polar surface area (TPSA) is 30.7 Å². The van der Waals surface area contributed by atoms with E-state index in [1.807, 2.05) is 18.5 Å². The first-order valence-corrected chi connectivity index (χ1v) is 13.4. The third-order valence-corrected chi connectivity index (χ3v) is 7.72. The first-order chi connectivity index (χ1) is 17.9. The number of aromatic nitrogens is 3. The van der Waals surface area contributed by atoms with Gasteiger partial charge in [0.15, 0.2) is 0 Å². The van der Waals surface area contributed by atoms with Gasteiger partial charge in [0.2, 0.25) is 0 Å². The average molecular weight is 500 g/mol. The summed E-state index contributed by atoms with van der Waals surface area (Å²) in [7, 11) is 0. The number of hydrogen-bond donors (Lipinski definition) is 0. The fraction of sp³-hybridized carbons (Fsp3) is 0.152. The van der Waals surface area contributed by atoms with E-state index in [2.05, 4.69) is 122 Å². The molecule has 0 aliphatic rings. The van der Waals surface area contributed by atoms with Gasteiger partial charge < -0.3 is 0 Å². The number of para-hydroxylation sites is 1. The van der Waals surface area contributed by atoms with Crippen LogP contribution in [0, 0.1) is 6.92 Å². The van der Waals surface area contributed by atoms with Crippen LogP contribution in [0.5, 0.6) is 0 Å². The molecule has 0 radical (unpaired) electrons. The van der Waals surface area contributed by atoms with E-state index in [0.29, 0.717) is 0 Å². The van der Waals surface area contributed by atoms with Crippen LogP contribution in [-0.4, -0.2) is 14.5 Å². The highest BCUT2D eigenvalue weighted by Gasteiger charge is 2.18. The molecule has 0 aliphatic carbocycles. The maximum absolute atomic E-state index is 4.82. The van der Waals surface area contributed by atoms with Crippen molar-refractivity contribution in [1.82, 2.24) is 14.5 Å². The van der Waals surface area contributed by atoms with Gasteiger partial charge in [0.1, 0.15) is 10.8 Å². The largest absolute Gasteiger partial charge is 0.294 e. The molecule has 3 heterocycles. The third kappa shape index (κ3) is 4.54. The van der Waals surface area contributed by atoms with Gasteiger partial charge >= 0.3 is 0 Å². The Morgan fingerprint density at radius 1 is 0.676 bits per heavy atom. The van der Waals surface area contributed by atoms with E-state index < -0.39 is 0 Å². The molecule has 182 valence electrons. The van der Waals surface area contributed by atoms with Gasteiger partial charge in [-0.25, -0.2) is 9.97 Å². The van der Waals surface area contributed by atoms with Gasteiger partial charge in [0, 0.05) is 28.1 Å². The van der Waals surface area contributed by atoms with Gasteiger partial charge in [0.05, 0.1) is 11.0 Å². The van der Waals surface area contributed by atoms with E-state index in [9.17, 15) is 0 Å². The normalized spacial score (nSPS) is 11.9. The highest BCUT2D eigenvalue weighted by molar-refractivity contribution is 7.99. The number of hydrogen-bond acceptors (Lipinski definition) is 3. The second-order valence-electron chi connectivity index (χ2n) is 10.5. The maximum atomic E-state index is 4.82. The van der Waals surface area contributed by atoms with Gasteiger partial charge in [-0.3, -0.25) is 4.57 Å². The molecule has 3 aromatic heterocycles. The molecule has 0 fully saturated rings. The summed E-state index contributed by atoms with van der Waals surface area (Å²) in [6, 6.07) is 32.6. The van der Waals surface area contributed by atoms with Crippen LogP contribution in [0.2, 0.25) is 0 Å². The first-order valence-electron chi connectivity index (χ1n) is 12.6. The molecule has 3 aromatic carbocycles. The van der Waals surface area contributed by atoms with Crippen molar-refractivity contribution in [2.45, 2.75) is 43.0 Å². The Balaban J connectivity index is 1.49. The Morgan fingerprint density at radius 3 is 2.30 bits per heavy atom. The van der Waals surface area contributed by atoms with Gasteiger partial charge in [-0.15, -0.1) is 0 Å². The lowest BCUT2D eigenvalue weighted by atomic mass is 9.88. The van der Waals surface area contributed by atoms with Gasteiger partial charge in [-0.2, -0.15) is 0 Å². The minimum atomic E-state index is 0.0475. The molecule has 0 bridgehead atoms. The molecule has 0 amide bonds. The summed E-state index contributed by atoms with van der Waals surface area (Å²) in [5.74, 6) is 0.950. The minimum absolute atomic E-state index is 0.0475. The van der Waals surface area contributed by atoms with E-state index in [-0.39, 0.29) is 5.41 Å². The number of aryl methyl sites for hydroxylation is 1. The van der Waals surface area contributed by atoms with Gasteiger partial charge in [-0.1, -0.05) is 75.0 Å². The zero-order valence-corrected chi connectivity index (χ0v) is 22.4.